The molecule has 3 N–H and O–H groups in total. The fourth-order valence-corrected chi connectivity index (χ4v) is 2.82. The molecule has 1 heterocycles. The highest BCUT2D eigenvalue weighted by molar-refractivity contribution is 5.77. The first-order valence-corrected chi connectivity index (χ1v) is 7.45. The van der Waals surface area contributed by atoms with Crippen molar-refractivity contribution in [1.82, 2.24) is 10.2 Å². The lowest BCUT2D eigenvalue weighted by molar-refractivity contribution is -0.119. The van der Waals surface area contributed by atoms with E-state index in [1.807, 2.05) is 6.07 Å². The third kappa shape index (κ3) is 4.32. The van der Waals surface area contributed by atoms with Crippen LogP contribution in [0.2, 0.25) is 0 Å². The van der Waals surface area contributed by atoms with Crippen LogP contribution in [0.5, 0.6) is 0 Å². The van der Waals surface area contributed by atoms with E-state index in [2.05, 4.69) is 35.3 Å². The molecular weight excluding hydrogens is 250 g/mol. The number of carbonyl (C=O) groups excluding carboxylic acids is 1. The molecule has 1 fully saturated rings. The van der Waals surface area contributed by atoms with Gasteiger partial charge in [0.1, 0.15) is 0 Å². The minimum absolute atomic E-state index is 0.0474. The van der Waals surface area contributed by atoms with E-state index in [-0.39, 0.29) is 12.5 Å². The average Bonchev–Trinajstić information content (AvgIpc) is 2.46. The topological polar surface area (TPSA) is 58.4 Å². The molecule has 4 heteroatoms. The van der Waals surface area contributed by atoms with Crippen LogP contribution in [0.1, 0.15) is 30.9 Å². The highest BCUT2D eigenvalue weighted by atomic mass is 16.1. The van der Waals surface area contributed by atoms with Crippen molar-refractivity contribution >= 4 is 5.91 Å². The van der Waals surface area contributed by atoms with Crippen molar-refractivity contribution in [3.63, 3.8) is 0 Å². The number of nitrogens with zero attached hydrogens (tertiary/aromatic N) is 1. The second-order valence-corrected chi connectivity index (χ2v) is 5.73. The fourth-order valence-electron chi connectivity index (χ4n) is 2.82. The van der Waals surface area contributed by atoms with Crippen LogP contribution in [0, 0.1) is 5.92 Å². The molecule has 0 aromatic heterocycles. The number of nitrogens with one attached hydrogen (secondary N) is 1. The third-order valence-corrected chi connectivity index (χ3v) is 3.91. The summed E-state index contributed by atoms with van der Waals surface area (Å²) in [5, 5.41) is 2.85. The van der Waals surface area contributed by atoms with Gasteiger partial charge in [0.15, 0.2) is 0 Å². The summed E-state index contributed by atoms with van der Waals surface area (Å²) in [6.45, 7) is 6.25. The smallest absolute Gasteiger partial charge is 0.234 e. The second-order valence-electron chi connectivity index (χ2n) is 5.73. The van der Waals surface area contributed by atoms with E-state index in [1.54, 1.807) is 0 Å². The Labute approximate surface area is 121 Å². The quantitative estimate of drug-likeness (QED) is 0.856. The van der Waals surface area contributed by atoms with E-state index in [4.69, 9.17) is 5.73 Å². The van der Waals surface area contributed by atoms with Crippen LogP contribution in [0.3, 0.4) is 0 Å². The first kappa shape index (κ1) is 15.0. The van der Waals surface area contributed by atoms with Crippen LogP contribution in [-0.4, -0.2) is 30.4 Å². The van der Waals surface area contributed by atoms with Crippen molar-refractivity contribution in [2.24, 2.45) is 11.7 Å². The Balaban J connectivity index is 1.98. The number of hydrogen-bond acceptors (Lipinski definition) is 3. The predicted molar refractivity (Wildman–Crippen MR) is 81.0 cm³/mol. The van der Waals surface area contributed by atoms with Gasteiger partial charge in [-0.25, -0.2) is 0 Å². The van der Waals surface area contributed by atoms with E-state index in [9.17, 15) is 4.79 Å². The van der Waals surface area contributed by atoms with E-state index < -0.39 is 0 Å². The van der Waals surface area contributed by atoms with Gasteiger partial charge in [0, 0.05) is 19.6 Å². The van der Waals surface area contributed by atoms with Crippen molar-refractivity contribution < 1.29 is 4.79 Å². The summed E-state index contributed by atoms with van der Waals surface area (Å²) in [5.74, 6) is 0.680. The summed E-state index contributed by atoms with van der Waals surface area (Å²) in [5.41, 5.74) is 7.81. The van der Waals surface area contributed by atoms with Crippen LogP contribution >= 0.6 is 0 Å². The largest absolute Gasteiger partial charge is 0.351 e. The highest BCUT2D eigenvalue weighted by Gasteiger charge is 2.17. The standard InChI is InChI=1S/C16H25N3O/c1-13-5-4-8-19(11-13)12-15-7-3-2-6-14(15)10-18-16(20)9-17/h2-3,6-7,13H,4-5,8-12,17H2,1H3,(H,18,20)/t13-/m1/s1. The van der Waals surface area contributed by atoms with Crippen molar-refractivity contribution in [3.8, 4) is 0 Å². The molecule has 0 bridgehead atoms. The maximum Gasteiger partial charge on any atom is 0.234 e. The van der Waals surface area contributed by atoms with E-state index in [0.29, 0.717) is 6.54 Å². The van der Waals surface area contributed by atoms with Gasteiger partial charge in [-0.1, -0.05) is 31.2 Å². The van der Waals surface area contributed by atoms with Gasteiger partial charge >= 0.3 is 0 Å². The summed E-state index contributed by atoms with van der Waals surface area (Å²) >= 11 is 0. The Kier molecular flexibility index (Phi) is 5.56. The molecule has 20 heavy (non-hydrogen) atoms. The number of amides is 1. The molecule has 1 amide bonds. The lowest BCUT2D eigenvalue weighted by atomic mass is 9.99. The maximum absolute atomic E-state index is 11.3. The molecule has 1 atom stereocenters. The van der Waals surface area contributed by atoms with Gasteiger partial charge in [-0.2, -0.15) is 0 Å². The van der Waals surface area contributed by atoms with E-state index in [0.717, 1.165) is 12.5 Å². The molecule has 1 aromatic rings. The maximum atomic E-state index is 11.3. The zero-order valence-corrected chi connectivity index (χ0v) is 12.3. The van der Waals surface area contributed by atoms with Crippen molar-refractivity contribution in [2.75, 3.05) is 19.6 Å². The fraction of sp³-hybridized carbons (Fsp3) is 0.562. The molecule has 2 rings (SSSR count). The summed E-state index contributed by atoms with van der Waals surface area (Å²) < 4.78 is 0. The van der Waals surface area contributed by atoms with Gasteiger partial charge in [0.05, 0.1) is 6.54 Å². The number of rotatable bonds is 5. The average molecular weight is 275 g/mol. The van der Waals surface area contributed by atoms with Crippen LogP contribution in [0.4, 0.5) is 0 Å². The Hall–Kier alpha value is -1.39. The number of piperidine rings is 1. The zero-order chi connectivity index (χ0) is 14.4. The van der Waals surface area contributed by atoms with Crippen molar-refractivity contribution in [3.05, 3.63) is 35.4 Å². The molecule has 110 valence electrons. The summed E-state index contributed by atoms with van der Waals surface area (Å²) in [7, 11) is 0. The molecule has 1 aliphatic heterocycles. The Morgan fingerprint density at radius 1 is 1.40 bits per heavy atom. The molecule has 1 aromatic carbocycles. The third-order valence-electron chi connectivity index (χ3n) is 3.91. The molecule has 0 unspecified atom stereocenters. The first-order valence-electron chi connectivity index (χ1n) is 7.45. The Morgan fingerprint density at radius 2 is 2.15 bits per heavy atom. The van der Waals surface area contributed by atoms with E-state index >= 15 is 0 Å². The molecule has 0 radical (unpaired) electrons. The monoisotopic (exact) mass is 275 g/mol. The molecule has 4 nitrogen and oxygen atoms in total. The van der Waals surface area contributed by atoms with Gasteiger partial charge in [-0.3, -0.25) is 9.69 Å². The molecule has 1 saturated heterocycles. The molecule has 0 spiro atoms. The normalized spacial score (nSPS) is 19.8. The molecule has 1 aliphatic rings. The summed E-state index contributed by atoms with van der Waals surface area (Å²) in [6.07, 6.45) is 2.62. The van der Waals surface area contributed by atoms with Crippen LogP contribution in [0.15, 0.2) is 24.3 Å². The Bertz CT molecular complexity index is 447. The van der Waals surface area contributed by atoms with Crippen LogP contribution in [0.25, 0.3) is 0 Å². The molecule has 0 saturated carbocycles. The lowest BCUT2D eigenvalue weighted by Crippen LogP contribution is -2.34. The van der Waals surface area contributed by atoms with Gasteiger partial charge in [0.2, 0.25) is 5.91 Å². The molecular formula is C16H25N3O. The minimum atomic E-state index is -0.105. The van der Waals surface area contributed by atoms with Gasteiger partial charge in [0.25, 0.3) is 0 Å². The van der Waals surface area contributed by atoms with E-state index in [1.165, 1.54) is 37.1 Å². The summed E-state index contributed by atoms with van der Waals surface area (Å²) in [6, 6.07) is 8.33. The highest BCUT2D eigenvalue weighted by Crippen LogP contribution is 2.19. The number of hydrogen-bond donors (Lipinski definition) is 2. The van der Waals surface area contributed by atoms with Crippen molar-refractivity contribution in [1.29, 1.82) is 0 Å². The summed E-state index contributed by atoms with van der Waals surface area (Å²) in [4.78, 5) is 13.8. The van der Waals surface area contributed by atoms with Gasteiger partial charge in [-0.05, 0) is 36.4 Å². The predicted octanol–water partition coefficient (Wildman–Crippen LogP) is 1.49. The first-order chi connectivity index (χ1) is 9.69. The lowest BCUT2D eigenvalue weighted by Gasteiger charge is -2.31. The number of nitrogens with two attached hydrogens (primary N) is 1. The minimum Gasteiger partial charge on any atom is -0.351 e. The number of carbonyl (C=O) groups is 1. The molecule has 0 aliphatic carbocycles. The SMILES string of the molecule is C[C@@H]1CCCN(Cc2ccccc2CNC(=O)CN)C1. The number of benzene rings is 1. The van der Waals surface area contributed by atoms with Gasteiger partial charge in [-0.15, -0.1) is 0 Å². The second kappa shape index (κ2) is 7.41. The van der Waals surface area contributed by atoms with Gasteiger partial charge < -0.3 is 11.1 Å². The van der Waals surface area contributed by atoms with Crippen LogP contribution in [-0.2, 0) is 17.9 Å². The zero-order valence-electron chi connectivity index (χ0n) is 12.3. The van der Waals surface area contributed by atoms with Crippen LogP contribution < -0.4 is 11.1 Å². The van der Waals surface area contributed by atoms with Crippen molar-refractivity contribution in [2.45, 2.75) is 32.9 Å². The number of likely N-dealkylation sites (tertiary alicyclic amines) is 1. The Morgan fingerprint density at radius 3 is 2.85 bits per heavy atom.